The molecule has 2 aromatic carbocycles. The Kier molecular flexibility index (Phi) is 13.6. The van der Waals surface area contributed by atoms with Gasteiger partial charge in [-0.3, -0.25) is 24.0 Å². The van der Waals surface area contributed by atoms with Gasteiger partial charge in [-0.05, 0) is 53.6 Å². The van der Waals surface area contributed by atoms with Crippen molar-refractivity contribution in [3.8, 4) is 11.5 Å². The third-order valence-electron chi connectivity index (χ3n) is 11.4. The number of hydrogen-bond donors (Lipinski definition) is 15. The van der Waals surface area contributed by atoms with Crippen LogP contribution in [0.5, 0.6) is 11.5 Å². The Bertz CT molecular complexity index is 2460. The number of hydrogen-bond acceptors (Lipinski definition) is 22. The summed E-state index contributed by atoms with van der Waals surface area (Å²) in [7, 11) is 0. The fourth-order valence-electron chi connectivity index (χ4n) is 7.68. The van der Waals surface area contributed by atoms with E-state index in [2.05, 4.69) is 0 Å². The molecule has 0 unspecified atom stereocenters. The maximum atomic E-state index is 14.5. The predicted molar refractivity (Wildman–Crippen MR) is 214 cm³/mol. The summed E-state index contributed by atoms with van der Waals surface area (Å²) in [4.78, 5) is 70.9. The Hall–Kier alpha value is -6.25. The molecule has 6 rings (SSSR count). The Morgan fingerprint density at radius 1 is 0.538 bits per heavy atom. The average molecular weight is 911 g/mol. The summed E-state index contributed by atoms with van der Waals surface area (Å²) < 4.78 is 10.7. The Balaban J connectivity index is 1.59. The molecule has 2 aliphatic heterocycles. The van der Waals surface area contributed by atoms with Crippen molar-refractivity contribution in [2.75, 3.05) is 13.2 Å². The third-order valence-corrected chi connectivity index (χ3v) is 11.4. The smallest absolute Gasteiger partial charge is 0.214 e. The van der Waals surface area contributed by atoms with E-state index in [4.69, 9.17) is 9.47 Å². The number of aliphatic hydroxyl groups excluding tert-OH is 11. The SMILES string of the molecule is O=C(C=Cc1ccc(O)cc1)C1=C(O)[C@](O)([C@@H]2O[C@H](CO)[C@@H](O)[C@H](O)[C@H]2O)C(O)=C(C=C2C(=O)C(C(=O)C=Cc3ccc(O)cc3)=C(O)[C@@](O)([C@@H]3O[C@H](CO)[C@@H](O)[C@H](O)[C@H]3O)C2=O)C1=O. The van der Waals surface area contributed by atoms with Crippen LogP contribution in [0.25, 0.3) is 12.2 Å². The van der Waals surface area contributed by atoms with Crippen LogP contribution in [0.1, 0.15) is 11.1 Å². The molecule has 0 aromatic heterocycles. The number of rotatable bonds is 11. The van der Waals surface area contributed by atoms with E-state index >= 15 is 0 Å². The van der Waals surface area contributed by atoms with E-state index in [-0.39, 0.29) is 28.7 Å². The number of carbonyl (C=O) groups is 5. The molecule has 65 heavy (non-hydrogen) atoms. The van der Waals surface area contributed by atoms with Gasteiger partial charge in [-0.15, -0.1) is 0 Å². The highest BCUT2D eigenvalue weighted by Crippen LogP contribution is 2.45. The Labute approximate surface area is 365 Å². The maximum absolute atomic E-state index is 14.5. The molecule has 0 bridgehead atoms. The molecule has 0 amide bonds. The molecule has 2 heterocycles. The molecule has 2 fully saturated rings. The van der Waals surface area contributed by atoms with Crippen molar-refractivity contribution in [3.63, 3.8) is 0 Å². The van der Waals surface area contributed by atoms with Crippen LogP contribution in [0.2, 0.25) is 0 Å². The van der Waals surface area contributed by atoms with Crippen LogP contribution in [-0.2, 0) is 33.4 Å². The predicted octanol–water partition coefficient (Wildman–Crippen LogP) is -3.79. The van der Waals surface area contributed by atoms with E-state index in [1.807, 2.05) is 0 Å². The second-order valence-electron chi connectivity index (χ2n) is 15.4. The number of carbonyl (C=O) groups excluding carboxylic acids is 5. The van der Waals surface area contributed by atoms with Gasteiger partial charge in [0, 0.05) is 0 Å². The van der Waals surface area contributed by atoms with E-state index in [1.54, 1.807) is 0 Å². The van der Waals surface area contributed by atoms with Gasteiger partial charge in [0.05, 0.1) is 24.4 Å². The lowest BCUT2D eigenvalue weighted by Crippen LogP contribution is -2.69. The van der Waals surface area contributed by atoms with Crippen molar-refractivity contribution in [1.82, 2.24) is 0 Å². The molecule has 2 aliphatic carbocycles. The van der Waals surface area contributed by atoms with Gasteiger partial charge in [0.2, 0.25) is 28.6 Å². The standard InChI is InChI=1S/C43H42O22/c44-14-24-30(52)32(54)34(56)40(64-24)42(62)36(58)20(28(50)26(38(42)60)22(48)11-5-16-1-7-18(46)8-2-16)13-21-29(51)27(23(49)12-6-17-3-9-19(47)10-4-17)39(61)43(63,37(21)59)41-35(57)33(55)31(53)25(15-45)65-41/h1-13,24-25,30-35,40-41,44-47,52-58,60-63H,14-15H2/t24-,25-,30-,31-,32+,33+,34-,35-,40-,41-,42+,43-/m1/s1. The van der Waals surface area contributed by atoms with Gasteiger partial charge in [-0.1, -0.05) is 36.4 Å². The van der Waals surface area contributed by atoms with Gasteiger partial charge in [0.25, 0.3) is 0 Å². The molecule has 2 saturated heterocycles. The van der Waals surface area contributed by atoms with Crippen molar-refractivity contribution in [3.05, 3.63) is 117 Å². The van der Waals surface area contributed by atoms with Crippen molar-refractivity contribution in [2.45, 2.75) is 72.2 Å². The lowest BCUT2D eigenvalue weighted by Gasteiger charge is -2.47. The van der Waals surface area contributed by atoms with Gasteiger partial charge in [0.15, 0.2) is 11.6 Å². The fraction of sp³-hybridized carbons (Fsp3) is 0.326. The first-order chi connectivity index (χ1) is 30.5. The summed E-state index contributed by atoms with van der Waals surface area (Å²) in [5.41, 5.74) is -13.4. The Morgan fingerprint density at radius 2 is 0.923 bits per heavy atom. The highest BCUT2D eigenvalue weighted by molar-refractivity contribution is 6.42. The van der Waals surface area contributed by atoms with Crippen molar-refractivity contribution in [2.24, 2.45) is 0 Å². The summed E-state index contributed by atoms with van der Waals surface area (Å²) >= 11 is 0. The zero-order valence-corrected chi connectivity index (χ0v) is 33.3. The van der Waals surface area contributed by atoms with Crippen molar-refractivity contribution < 1.29 is 110 Å². The van der Waals surface area contributed by atoms with E-state index < -0.39 is 154 Å². The molecule has 4 aliphatic rings. The zero-order chi connectivity index (χ0) is 48.0. The summed E-state index contributed by atoms with van der Waals surface area (Å²) in [5, 5.41) is 162. The minimum absolute atomic E-state index is 0.0686. The highest BCUT2D eigenvalue weighted by atomic mass is 16.6. The van der Waals surface area contributed by atoms with E-state index in [1.165, 1.54) is 48.5 Å². The number of ether oxygens (including phenoxy) is 2. The largest absolute Gasteiger partial charge is 0.508 e. The van der Waals surface area contributed by atoms with Crippen LogP contribution in [0.3, 0.4) is 0 Å². The monoisotopic (exact) mass is 910 g/mol. The van der Waals surface area contributed by atoms with Crippen LogP contribution in [0, 0.1) is 0 Å². The summed E-state index contributed by atoms with van der Waals surface area (Å²) in [6.07, 6.45) is -19.9. The van der Waals surface area contributed by atoms with Crippen molar-refractivity contribution >= 4 is 41.1 Å². The summed E-state index contributed by atoms with van der Waals surface area (Å²) in [5.74, 6) is -14.7. The summed E-state index contributed by atoms with van der Waals surface area (Å²) in [6.45, 7) is -2.32. The number of benzene rings is 2. The molecule has 12 atom stereocenters. The molecular formula is C43H42O22. The fourth-order valence-corrected chi connectivity index (χ4v) is 7.68. The van der Waals surface area contributed by atoms with Crippen LogP contribution >= 0.6 is 0 Å². The number of ketones is 5. The van der Waals surface area contributed by atoms with Crippen LogP contribution in [0.4, 0.5) is 0 Å². The minimum Gasteiger partial charge on any atom is -0.508 e. The van der Waals surface area contributed by atoms with Crippen molar-refractivity contribution in [1.29, 1.82) is 0 Å². The van der Waals surface area contributed by atoms with E-state index in [0.29, 0.717) is 12.2 Å². The number of allylic oxidation sites excluding steroid dienone is 6. The molecule has 22 nitrogen and oxygen atoms in total. The van der Waals surface area contributed by atoms with Gasteiger partial charge in [-0.25, -0.2) is 0 Å². The molecular weight excluding hydrogens is 868 g/mol. The maximum Gasteiger partial charge on any atom is 0.214 e. The first-order valence-corrected chi connectivity index (χ1v) is 19.3. The minimum atomic E-state index is -3.89. The van der Waals surface area contributed by atoms with E-state index in [0.717, 1.165) is 12.2 Å². The first kappa shape index (κ1) is 48.2. The van der Waals surface area contributed by atoms with Gasteiger partial charge < -0.3 is 86.1 Å². The van der Waals surface area contributed by atoms with Gasteiger partial charge >= 0.3 is 0 Å². The average Bonchev–Trinajstić information content (AvgIpc) is 3.28. The second kappa shape index (κ2) is 18.3. The second-order valence-corrected chi connectivity index (χ2v) is 15.4. The highest BCUT2D eigenvalue weighted by Gasteiger charge is 2.64. The van der Waals surface area contributed by atoms with Crippen LogP contribution in [0.15, 0.2) is 106 Å². The summed E-state index contributed by atoms with van der Waals surface area (Å²) in [6, 6.07) is 9.97. The number of aliphatic hydroxyl groups is 13. The third kappa shape index (κ3) is 8.22. The van der Waals surface area contributed by atoms with E-state index in [9.17, 15) is 101 Å². The lowest BCUT2D eigenvalue weighted by molar-refractivity contribution is -0.265. The quantitative estimate of drug-likeness (QED) is 0.0759. The molecule has 0 saturated carbocycles. The number of aromatic hydroxyl groups is 2. The van der Waals surface area contributed by atoms with Crippen LogP contribution < -0.4 is 0 Å². The zero-order valence-electron chi connectivity index (χ0n) is 33.3. The lowest BCUT2D eigenvalue weighted by atomic mass is 9.70. The number of Topliss-reactive ketones (excluding diaryl/α,β-unsaturated/α-hetero) is 3. The molecule has 15 N–H and O–H groups in total. The van der Waals surface area contributed by atoms with Gasteiger partial charge in [0.1, 0.15) is 101 Å². The normalized spacial score (nSPS) is 34.4. The van der Waals surface area contributed by atoms with Gasteiger partial charge in [-0.2, -0.15) is 0 Å². The molecule has 346 valence electrons. The van der Waals surface area contributed by atoms with Crippen LogP contribution in [-0.4, -0.2) is 191 Å². The Morgan fingerprint density at radius 3 is 1.34 bits per heavy atom. The number of phenolic OH excluding ortho intramolecular Hbond substituents is 2. The molecule has 2 aromatic rings. The topological polar surface area (TPSA) is 407 Å². The molecule has 0 spiro atoms. The first-order valence-electron chi connectivity index (χ1n) is 19.3. The molecule has 0 radical (unpaired) electrons. The number of phenols is 2. The molecule has 22 heteroatoms.